The Bertz CT molecular complexity index is 375. The van der Waals surface area contributed by atoms with Crippen molar-refractivity contribution in [1.82, 2.24) is 0 Å². The topological polar surface area (TPSA) is 39.7 Å². The van der Waals surface area contributed by atoms with E-state index in [2.05, 4.69) is 5.32 Å². The molecule has 0 aromatic heterocycles. The third-order valence-corrected chi connectivity index (χ3v) is 3.20. The number of hydrogen-bond acceptors (Lipinski definition) is 4. The average Bonchev–Trinajstić information content (AvgIpc) is 2.45. The van der Waals surface area contributed by atoms with E-state index >= 15 is 0 Å². The lowest BCUT2D eigenvalue weighted by Crippen LogP contribution is -2.27. The zero-order valence-corrected chi connectivity index (χ0v) is 11.1. The summed E-state index contributed by atoms with van der Waals surface area (Å²) in [5.74, 6) is 1.65. The highest BCUT2D eigenvalue weighted by Gasteiger charge is 2.14. The van der Waals surface area contributed by atoms with E-state index in [0.29, 0.717) is 6.10 Å². The van der Waals surface area contributed by atoms with Crippen LogP contribution in [0.25, 0.3) is 0 Å². The number of anilines is 1. The Morgan fingerprint density at radius 2 is 2.17 bits per heavy atom. The third-order valence-electron chi connectivity index (χ3n) is 3.20. The van der Waals surface area contributed by atoms with Crippen LogP contribution in [0.15, 0.2) is 18.2 Å². The van der Waals surface area contributed by atoms with Crippen LogP contribution in [0.2, 0.25) is 0 Å². The maximum absolute atomic E-state index is 5.70. The fourth-order valence-corrected chi connectivity index (χ4v) is 2.14. The molecule has 2 rings (SSSR count). The van der Waals surface area contributed by atoms with Crippen LogP contribution in [-0.2, 0) is 4.74 Å². The molecule has 1 aliphatic rings. The van der Waals surface area contributed by atoms with Gasteiger partial charge in [-0.15, -0.1) is 0 Å². The van der Waals surface area contributed by atoms with Crippen LogP contribution in [0.3, 0.4) is 0 Å². The number of benzene rings is 1. The summed E-state index contributed by atoms with van der Waals surface area (Å²) in [5.41, 5.74) is 0.950. The molecule has 0 radical (unpaired) electrons. The molecule has 1 saturated heterocycles. The number of rotatable bonds is 5. The lowest BCUT2D eigenvalue weighted by Gasteiger charge is -2.23. The molecule has 1 aromatic rings. The van der Waals surface area contributed by atoms with E-state index in [1.54, 1.807) is 14.2 Å². The van der Waals surface area contributed by atoms with Crippen molar-refractivity contribution in [3.05, 3.63) is 18.2 Å². The second kappa shape index (κ2) is 6.50. The molecule has 4 heteroatoms. The predicted molar refractivity (Wildman–Crippen MR) is 71.6 cm³/mol. The third kappa shape index (κ3) is 3.29. The lowest BCUT2D eigenvalue weighted by atomic mass is 10.1. The molecule has 4 nitrogen and oxygen atoms in total. The van der Waals surface area contributed by atoms with Gasteiger partial charge in [-0.05, 0) is 31.4 Å². The molecule has 0 amide bonds. The minimum absolute atomic E-state index is 0.301. The summed E-state index contributed by atoms with van der Waals surface area (Å²) in [4.78, 5) is 0. The smallest absolute Gasteiger partial charge is 0.142 e. The Morgan fingerprint density at radius 1 is 1.28 bits per heavy atom. The maximum atomic E-state index is 5.70. The molecule has 1 atom stereocenters. The van der Waals surface area contributed by atoms with Crippen molar-refractivity contribution < 1.29 is 14.2 Å². The molecule has 1 aromatic carbocycles. The summed E-state index contributed by atoms with van der Waals surface area (Å²) in [7, 11) is 3.33. The van der Waals surface area contributed by atoms with Crippen molar-refractivity contribution in [2.45, 2.75) is 25.4 Å². The van der Waals surface area contributed by atoms with Crippen LogP contribution >= 0.6 is 0 Å². The molecule has 18 heavy (non-hydrogen) atoms. The van der Waals surface area contributed by atoms with Crippen LogP contribution < -0.4 is 14.8 Å². The first-order chi connectivity index (χ1) is 8.83. The van der Waals surface area contributed by atoms with Crippen LogP contribution in [0.4, 0.5) is 5.69 Å². The highest BCUT2D eigenvalue weighted by Crippen LogP contribution is 2.29. The average molecular weight is 251 g/mol. The Labute approximate surface area is 108 Å². The molecule has 0 saturated carbocycles. The summed E-state index contributed by atoms with van der Waals surface area (Å²) >= 11 is 0. The van der Waals surface area contributed by atoms with Gasteiger partial charge in [0, 0.05) is 19.2 Å². The van der Waals surface area contributed by atoms with E-state index in [9.17, 15) is 0 Å². The summed E-state index contributed by atoms with van der Waals surface area (Å²) in [5, 5.41) is 3.38. The quantitative estimate of drug-likeness (QED) is 0.873. The van der Waals surface area contributed by atoms with Gasteiger partial charge in [-0.2, -0.15) is 0 Å². The van der Waals surface area contributed by atoms with Gasteiger partial charge in [0.15, 0.2) is 0 Å². The van der Waals surface area contributed by atoms with Crippen molar-refractivity contribution in [3.63, 3.8) is 0 Å². The van der Waals surface area contributed by atoms with Gasteiger partial charge in [-0.25, -0.2) is 0 Å². The second-order valence-corrected chi connectivity index (χ2v) is 4.44. The van der Waals surface area contributed by atoms with Gasteiger partial charge < -0.3 is 19.5 Å². The molecule has 1 N–H and O–H groups in total. The molecule has 0 aliphatic carbocycles. The Hall–Kier alpha value is -1.42. The van der Waals surface area contributed by atoms with Gasteiger partial charge in [0.2, 0.25) is 0 Å². The van der Waals surface area contributed by atoms with Crippen molar-refractivity contribution in [2.24, 2.45) is 0 Å². The standard InChI is InChI=1S/C14H21NO3/c1-16-11-6-7-14(17-2)13(9-11)15-10-12-5-3-4-8-18-12/h6-7,9,12,15H,3-5,8,10H2,1-2H3. The van der Waals surface area contributed by atoms with Gasteiger partial charge in [0.05, 0.1) is 26.0 Å². The van der Waals surface area contributed by atoms with Crippen LogP contribution in [0, 0.1) is 0 Å². The first kappa shape index (κ1) is 13.0. The van der Waals surface area contributed by atoms with Gasteiger partial charge in [0.1, 0.15) is 11.5 Å². The van der Waals surface area contributed by atoms with Gasteiger partial charge >= 0.3 is 0 Å². The van der Waals surface area contributed by atoms with Crippen molar-refractivity contribution in [1.29, 1.82) is 0 Å². The van der Waals surface area contributed by atoms with Crippen LogP contribution in [0.1, 0.15) is 19.3 Å². The molecule has 0 spiro atoms. The minimum atomic E-state index is 0.301. The summed E-state index contributed by atoms with van der Waals surface area (Å²) in [6.45, 7) is 1.69. The fourth-order valence-electron chi connectivity index (χ4n) is 2.14. The zero-order valence-electron chi connectivity index (χ0n) is 11.1. The van der Waals surface area contributed by atoms with Crippen LogP contribution in [-0.4, -0.2) is 33.5 Å². The van der Waals surface area contributed by atoms with E-state index in [-0.39, 0.29) is 0 Å². The molecule has 100 valence electrons. The molecular formula is C14H21NO3. The van der Waals surface area contributed by atoms with Crippen molar-refractivity contribution >= 4 is 5.69 Å². The number of ether oxygens (including phenoxy) is 3. The highest BCUT2D eigenvalue weighted by atomic mass is 16.5. The first-order valence-electron chi connectivity index (χ1n) is 6.41. The van der Waals surface area contributed by atoms with E-state index in [0.717, 1.165) is 36.8 Å². The first-order valence-corrected chi connectivity index (χ1v) is 6.41. The molecule has 1 fully saturated rings. The number of hydrogen-bond donors (Lipinski definition) is 1. The number of nitrogens with one attached hydrogen (secondary N) is 1. The van der Waals surface area contributed by atoms with Crippen molar-refractivity contribution in [3.8, 4) is 11.5 Å². The predicted octanol–water partition coefficient (Wildman–Crippen LogP) is 2.68. The zero-order chi connectivity index (χ0) is 12.8. The maximum Gasteiger partial charge on any atom is 0.142 e. The number of methoxy groups -OCH3 is 2. The second-order valence-electron chi connectivity index (χ2n) is 4.44. The molecule has 1 aliphatic heterocycles. The molecule has 1 heterocycles. The Morgan fingerprint density at radius 3 is 2.83 bits per heavy atom. The summed E-state index contributed by atoms with van der Waals surface area (Å²) in [6, 6.07) is 5.74. The Kier molecular flexibility index (Phi) is 4.70. The largest absolute Gasteiger partial charge is 0.497 e. The SMILES string of the molecule is COc1ccc(OC)c(NCC2CCCCO2)c1. The van der Waals surface area contributed by atoms with E-state index in [1.165, 1.54) is 12.8 Å². The Balaban J connectivity index is 1.97. The summed E-state index contributed by atoms with van der Waals surface area (Å²) < 4.78 is 16.2. The summed E-state index contributed by atoms with van der Waals surface area (Å²) in [6.07, 6.45) is 3.86. The van der Waals surface area contributed by atoms with E-state index in [1.807, 2.05) is 18.2 Å². The monoisotopic (exact) mass is 251 g/mol. The van der Waals surface area contributed by atoms with Gasteiger partial charge in [-0.1, -0.05) is 0 Å². The minimum Gasteiger partial charge on any atom is -0.497 e. The van der Waals surface area contributed by atoms with Crippen LogP contribution in [0.5, 0.6) is 11.5 Å². The molecular weight excluding hydrogens is 230 g/mol. The van der Waals surface area contributed by atoms with Gasteiger partial charge in [0.25, 0.3) is 0 Å². The van der Waals surface area contributed by atoms with E-state index in [4.69, 9.17) is 14.2 Å². The lowest BCUT2D eigenvalue weighted by molar-refractivity contribution is 0.0247. The van der Waals surface area contributed by atoms with Crippen molar-refractivity contribution in [2.75, 3.05) is 32.7 Å². The normalized spacial score (nSPS) is 19.3. The van der Waals surface area contributed by atoms with E-state index < -0.39 is 0 Å². The molecule has 1 unspecified atom stereocenters. The molecule has 0 bridgehead atoms. The van der Waals surface area contributed by atoms with Gasteiger partial charge in [-0.3, -0.25) is 0 Å². The highest BCUT2D eigenvalue weighted by molar-refractivity contribution is 5.59. The fraction of sp³-hybridized carbons (Fsp3) is 0.571.